The lowest BCUT2D eigenvalue weighted by atomic mass is 10.1. The van der Waals surface area contributed by atoms with Gasteiger partial charge in [-0.05, 0) is 29.5 Å². The van der Waals surface area contributed by atoms with Crippen molar-refractivity contribution in [1.82, 2.24) is 19.6 Å². The summed E-state index contributed by atoms with van der Waals surface area (Å²) in [5.41, 5.74) is 0.764. The van der Waals surface area contributed by atoms with Crippen LogP contribution in [0.2, 0.25) is 0 Å². The molecule has 2 aromatic heterocycles. The van der Waals surface area contributed by atoms with Gasteiger partial charge in [0.1, 0.15) is 9.80 Å². The fourth-order valence-corrected chi connectivity index (χ4v) is 2.36. The Bertz CT molecular complexity index is 536. The van der Waals surface area contributed by atoms with Gasteiger partial charge in [0.05, 0.1) is 5.56 Å². The van der Waals surface area contributed by atoms with Gasteiger partial charge < -0.3 is 5.11 Å². The van der Waals surface area contributed by atoms with E-state index in [4.69, 9.17) is 0 Å². The predicted molar refractivity (Wildman–Crippen MR) is 67.8 cm³/mol. The standard InChI is InChI=1S/C10H12FIN4O/c1-3-16-5-6(9(11)13-16)8(17)7-4-15(2)14-10(7)12/h4-5,8,17H,3H2,1-2H3. The van der Waals surface area contributed by atoms with Crippen molar-refractivity contribution in [3.63, 3.8) is 0 Å². The third-order valence-electron chi connectivity index (χ3n) is 2.47. The van der Waals surface area contributed by atoms with Gasteiger partial charge >= 0.3 is 0 Å². The lowest BCUT2D eigenvalue weighted by Crippen LogP contribution is -2.01. The average Bonchev–Trinajstić information content (AvgIpc) is 2.81. The molecule has 0 aliphatic rings. The van der Waals surface area contributed by atoms with E-state index >= 15 is 0 Å². The minimum atomic E-state index is -1.03. The molecule has 0 amide bonds. The number of aliphatic hydroxyl groups excluding tert-OH is 1. The summed E-state index contributed by atoms with van der Waals surface area (Å²) in [5, 5.41) is 17.9. The summed E-state index contributed by atoms with van der Waals surface area (Å²) >= 11 is 2.01. The van der Waals surface area contributed by atoms with E-state index in [2.05, 4.69) is 10.2 Å². The Morgan fingerprint density at radius 2 is 2.12 bits per heavy atom. The molecule has 5 nitrogen and oxygen atoms in total. The summed E-state index contributed by atoms with van der Waals surface area (Å²) in [5.74, 6) is -0.640. The number of aryl methyl sites for hydroxylation is 2. The summed E-state index contributed by atoms with van der Waals surface area (Å²) < 4.78 is 17.2. The van der Waals surface area contributed by atoms with E-state index in [1.807, 2.05) is 29.5 Å². The van der Waals surface area contributed by atoms with Crippen LogP contribution in [0.4, 0.5) is 4.39 Å². The molecule has 0 spiro atoms. The topological polar surface area (TPSA) is 55.9 Å². The maximum Gasteiger partial charge on any atom is 0.238 e. The Morgan fingerprint density at radius 1 is 1.41 bits per heavy atom. The number of nitrogens with zero attached hydrogens (tertiary/aromatic N) is 4. The van der Waals surface area contributed by atoms with Crippen molar-refractivity contribution < 1.29 is 9.50 Å². The van der Waals surface area contributed by atoms with Gasteiger partial charge in [-0.25, -0.2) is 0 Å². The average molecular weight is 350 g/mol. The molecule has 0 saturated heterocycles. The maximum atomic E-state index is 13.6. The van der Waals surface area contributed by atoms with E-state index in [9.17, 15) is 9.50 Å². The summed E-state index contributed by atoms with van der Waals surface area (Å²) in [6.07, 6.45) is 2.16. The third-order valence-corrected chi connectivity index (χ3v) is 3.30. The minimum absolute atomic E-state index is 0.178. The Hall–Kier alpha value is -0.960. The molecule has 2 rings (SSSR count). The molecule has 0 bridgehead atoms. The normalized spacial score (nSPS) is 13.0. The minimum Gasteiger partial charge on any atom is -0.383 e. The SMILES string of the molecule is CCn1cc(C(O)c2cn(C)nc2I)c(F)n1. The Balaban J connectivity index is 2.39. The van der Waals surface area contributed by atoms with Crippen LogP contribution >= 0.6 is 22.6 Å². The van der Waals surface area contributed by atoms with Gasteiger partial charge in [-0.3, -0.25) is 9.36 Å². The highest BCUT2D eigenvalue weighted by atomic mass is 127. The first kappa shape index (κ1) is 12.5. The molecular weight excluding hydrogens is 338 g/mol. The van der Waals surface area contributed by atoms with Crippen LogP contribution in [-0.4, -0.2) is 24.7 Å². The molecule has 2 heterocycles. The zero-order valence-corrected chi connectivity index (χ0v) is 11.6. The summed E-state index contributed by atoms with van der Waals surface area (Å²) in [7, 11) is 1.75. The smallest absolute Gasteiger partial charge is 0.238 e. The molecule has 0 aliphatic carbocycles. The molecule has 7 heteroatoms. The van der Waals surface area contributed by atoms with Crippen LogP contribution < -0.4 is 0 Å². The second-order valence-electron chi connectivity index (χ2n) is 3.68. The molecule has 0 saturated carbocycles. The highest BCUT2D eigenvalue weighted by Gasteiger charge is 2.22. The van der Waals surface area contributed by atoms with E-state index in [1.165, 1.54) is 10.9 Å². The van der Waals surface area contributed by atoms with Crippen molar-refractivity contribution in [2.45, 2.75) is 19.6 Å². The number of aromatic nitrogens is 4. The molecule has 0 radical (unpaired) electrons. The van der Waals surface area contributed by atoms with Gasteiger partial charge in [0.2, 0.25) is 5.95 Å². The number of aliphatic hydroxyl groups is 1. The van der Waals surface area contributed by atoms with Gasteiger partial charge in [0.25, 0.3) is 0 Å². The van der Waals surface area contributed by atoms with Gasteiger partial charge in [-0.2, -0.15) is 9.49 Å². The molecule has 0 aliphatic heterocycles. The molecule has 17 heavy (non-hydrogen) atoms. The molecule has 0 fully saturated rings. The third kappa shape index (κ3) is 2.34. The van der Waals surface area contributed by atoms with Crippen molar-refractivity contribution in [2.24, 2.45) is 7.05 Å². The predicted octanol–water partition coefficient (Wildman–Crippen LogP) is 1.46. The van der Waals surface area contributed by atoms with Crippen LogP contribution in [0.5, 0.6) is 0 Å². The lowest BCUT2D eigenvalue weighted by molar-refractivity contribution is 0.214. The molecular formula is C10H12FIN4O. The number of rotatable bonds is 3. The highest BCUT2D eigenvalue weighted by molar-refractivity contribution is 14.1. The van der Waals surface area contributed by atoms with Gasteiger partial charge in [-0.15, -0.1) is 5.10 Å². The van der Waals surface area contributed by atoms with E-state index in [0.29, 0.717) is 15.8 Å². The number of halogens is 2. The molecule has 1 unspecified atom stereocenters. The second-order valence-corrected chi connectivity index (χ2v) is 4.70. The molecule has 1 N–H and O–H groups in total. The van der Waals surface area contributed by atoms with Gasteiger partial charge in [0, 0.05) is 31.5 Å². The van der Waals surface area contributed by atoms with E-state index in [1.54, 1.807) is 17.9 Å². The summed E-state index contributed by atoms with van der Waals surface area (Å²) in [6.45, 7) is 2.42. The fourth-order valence-electron chi connectivity index (χ4n) is 1.59. The second kappa shape index (κ2) is 4.73. The van der Waals surface area contributed by atoms with E-state index < -0.39 is 12.1 Å². The molecule has 92 valence electrons. The van der Waals surface area contributed by atoms with Crippen LogP contribution in [0.3, 0.4) is 0 Å². The van der Waals surface area contributed by atoms with Crippen molar-refractivity contribution in [1.29, 1.82) is 0 Å². The fraction of sp³-hybridized carbons (Fsp3) is 0.400. The first-order valence-electron chi connectivity index (χ1n) is 5.13. The molecule has 1 atom stereocenters. The lowest BCUT2D eigenvalue weighted by Gasteiger charge is -2.05. The zero-order chi connectivity index (χ0) is 12.6. The van der Waals surface area contributed by atoms with Crippen molar-refractivity contribution >= 4 is 22.6 Å². The van der Waals surface area contributed by atoms with Gasteiger partial charge in [-0.1, -0.05) is 0 Å². The Kier molecular flexibility index (Phi) is 3.48. The van der Waals surface area contributed by atoms with Crippen LogP contribution in [0.15, 0.2) is 12.4 Å². The molecule has 0 aromatic carbocycles. The monoisotopic (exact) mass is 350 g/mol. The quantitative estimate of drug-likeness (QED) is 0.853. The maximum absolute atomic E-state index is 13.6. The van der Waals surface area contributed by atoms with Crippen molar-refractivity contribution in [3.05, 3.63) is 33.2 Å². The largest absolute Gasteiger partial charge is 0.383 e. The first-order valence-corrected chi connectivity index (χ1v) is 6.20. The van der Waals surface area contributed by atoms with E-state index in [0.717, 1.165) is 0 Å². The number of hydrogen-bond acceptors (Lipinski definition) is 3. The molecule has 2 aromatic rings. The Morgan fingerprint density at radius 3 is 2.59 bits per heavy atom. The van der Waals surface area contributed by atoms with Crippen LogP contribution in [0, 0.1) is 9.65 Å². The van der Waals surface area contributed by atoms with Crippen LogP contribution in [0.1, 0.15) is 24.2 Å². The van der Waals surface area contributed by atoms with E-state index in [-0.39, 0.29) is 5.56 Å². The van der Waals surface area contributed by atoms with Crippen molar-refractivity contribution in [3.8, 4) is 0 Å². The van der Waals surface area contributed by atoms with Crippen LogP contribution in [-0.2, 0) is 13.6 Å². The number of hydrogen-bond donors (Lipinski definition) is 1. The highest BCUT2D eigenvalue weighted by Crippen LogP contribution is 2.26. The van der Waals surface area contributed by atoms with Crippen molar-refractivity contribution in [2.75, 3.05) is 0 Å². The van der Waals surface area contributed by atoms with Gasteiger partial charge in [0.15, 0.2) is 0 Å². The summed E-state index contributed by atoms with van der Waals surface area (Å²) in [4.78, 5) is 0. The van der Waals surface area contributed by atoms with Crippen LogP contribution in [0.25, 0.3) is 0 Å². The summed E-state index contributed by atoms with van der Waals surface area (Å²) in [6, 6.07) is 0. The Labute approximate surface area is 111 Å². The zero-order valence-electron chi connectivity index (χ0n) is 9.43. The first-order chi connectivity index (χ1) is 8.02.